The highest BCUT2D eigenvalue weighted by Crippen LogP contribution is 2.20. The Labute approximate surface area is 122 Å². The van der Waals surface area contributed by atoms with Gasteiger partial charge < -0.3 is 5.73 Å². The Morgan fingerprint density at radius 3 is 2.50 bits per heavy atom. The quantitative estimate of drug-likeness (QED) is 0.529. The molecule has 0 atom stereocenters. The van der Waals surface area contributed by atoms with Crippen molar-refractivity contribution < 1.29 is 4.39 Å². The average Bonchev–Trinajstić information content (AvgIpc) is 2.42. The molecular weight excluding hydrogens is 277 g/mol. The second-order valence-corrected chi connectivity index (χ2v) is 4.85. The largest absolute Gasteiger partial charge is 0.398 e. The van der Waals surface area contributed by atoms with Gasteiger partial charge in [-0.05, 0) is 49.4 Å². The Balaban J connectivity index is 2.29. The van der Waals surface area contributed by atoms with E-state index in [9.17, 15) is 4.39 Å². The van der Waals surface area contributed by atoms with Crippen LogP contribution < -0.4 is 10.7 Å². The van der Waals surface area contributed by atoms with Crippen molar-refractivity contribution in [1.82, 2.24) is 0 Å². The zero-order chi connectivity index (χ0) is 14.7. The van der Waals surface area contributed by atoms with Crippen molar-refractivity contribution in [2.45, 2.75) is 6.92 Å². The first-order valence-corrected chi connectivity index (χ1v) is 6.45. The first-order valence-electron chi connectivity index (χ1n) is 6.07. The molecule has 0 radical (unpaired) electrons. The van der Waals surface area contributed by atoms with Gasteiger partial charge in [-0.3, -0.25) is 5.01 Å². The van der Waals surface area contributed by atoms with Gasteiger partial charge in [0.25, 0.3) is 0 Å². The highest BCUT2D eigenvalue weighted by Gasteiger charge is 2.06. The number of hydrogen-bond acceptors (Lipinski definition) is 3. The van der Waals surface area contributed by atoms with Gasteiger partial charge in [0.05, 0.1) is 11.4 Å². The molecule has 0 amide bonds. The number of halogens is 2. The molecule has 2 N–H and O–H groups in total. The molecule has 0 aliphatic rings. The number of nitrogens with zero attached hydrogens (tertiary/aromatic N) is 2. The van der Waals surface area contributed by atoms with Crippen molar-refractivity contribution >= 4 is 28.7 Å². The van der Waals surface area contributed by atoms with Crippen LogP contribution in [0.4, 0.5) is 15.8 Å². The fourth-order valence-corrected chi connectivity index (χ4v) is 2.01. The minimum Gasteiger partial charge on any atom is -0.398 e. The van der Waals surface area contributed by atoms with Crippen LogP contribution in [0.2, 0.25) is 5.02 Å². The third-order valence-electron chi connectivity index (χ3n) is 2.91. The third kappa shape index (κ3) is 3.27. The summed E-state index contributed by atoms with van der Waals surface area (Å²) >= 11 is 5.97. The molecule has 0 saturated carbocycles. The maximum atomic E-state index is 12.9. The summed E-state index contributed by atoms with van der Waals surface area (Å²) in [7, 11) is 1.79. The van der Waals surface area contributed by atoms with Crippen molar-refractivity contribution in [3.8, 4) is 0 Å². The predicted molar refractivity (Wildman–Crippen MR) is 82.9 cm³/mol. The number of benzene rings is 2. The first-order chi connectivity index (χ1) is 9.47. The molecule has 0 saturated heterocycles. The van der Waals surface area contributed by atoms with Crippen LogP contribution in [0.15, 0.2) is 47.6 Å². The fraction of sp³-hybridized carbons (Fsp3) is 0.133. The van der Waals surface area contributed by atoms with Crippen molar-refractivity contribution in [3.63, 3.8) is 0 Å². The fourth-order valence-electron chi connectivity index (χ4n) is 1.84. The van der Waals surface area contributed by atoms with Gasteiger partial charge in [-0.1, -0.05) is 11.6 Å². The number of anilines is 2. The van der Waals surface area contributed by atoms with Gasteiger partial charge in [0.1, 0.15) is 5.82 Å². The molecule has 0 spiro atoms. The maximum absolute atomic E-state index is 12.9. The lowest BCUT2D eigenvalue weighted by molar-refractivity contribution is 0.627. The third-order valence-corrected chi connectivity index (χ3v) is 3.14. The van der Waals surface area contributed by atoms with E-state index in [-0.39, 0.29) is 5.82 Å². The standard InChI is InChI=1S/C15H15ClFN3/c1-10(14-9-11(16)3-8-15(14)18)19-20(2)13-6-4-12(17)5-7-13/h3-9H,18H2,1-2H3/b19-10+. The van der Waals surface area contributed by atoms with Gasteiger partial charge >= 0.3 is 0 Å². The predicted octanol–water partition coefficient (Wildman–Crippen LogP) is 3.92. The summed E-state index contributed by atoms with van der Waals surface area (Å²) in [5, 5.41) is 6.70. The molecule has 0 unspecified atom stereocenters. The van der Waals surface area contributed by atoms with Crippen LogP contribution in [-0.4, -0.2) is 12.8 Å². The first kappa shape index (κ1) is 14.3. The van der Waals surface area contributed by atoms with Crippen LogP contribution in [-0.2, 0) is 0 Å². The number of nitrogen functional groups attached to an aromatic ring is 1. The minimum absolute atomic E-state index is 0.276. The van der Waals surface area contributed by atoms with E-state index in [1.54, 1.807) is 42.4 Å². The topological polar surface area (TPSA) is 41.6 Å². The van der Waals surface area contributed by atoms with E-state index in [2.05, 4.69) is 5.10 Å². The van der Waals surface area contributed by atoms with Crippen LogP contribution in [0.25, 0.3) is 0 Å². The molecule has 104 valence electrons. The minimum atomic E-state index is -0.276. The maximum Gasteiger partial charge on any atom is 0.123 e. The molecule has 3 nitrogen and oxygen atoms in total. The van der Waals surface area contributed by atoms with Crippen molar-refractivity contribution in [2.75, 3.05) is 17.8 Å². The van der Waals surface area contributed by atoms with E-state index in [4.69, 9.17) is 17.3 Å². The number of nitrogens with two attached hydrogens (primary N) is 1. The molecular formula is C15H15ClFN3. The summed E-state index contributed by atoms with van der Waals surface area (Å²) in [6.07, 6.45) is 0. The van der Waals surface area contributed by atoms with E-state index in [1.807, 2.05) is 6.92 Å². The Hall–Kier alpha value is -2.07. The molecule has 0 heterocycles. The number of rotatable bonds is 3. The summed E-state index contributed by atoms with van der Waals surface area (Å²) < 4.78 is 12.9. The molecule has 2 aromatic rings. The normalized spacial score (nSPS) is 11.5. The Morgan fingerprint density at radius 2 is 1.85 bits per heavy atom. The lowest BCUT2D eigenvalue weighted by Crippen LogP contribution is -2.13. The SMILES string of the molecule is C/C(=N\N(C)c1ccc(F)cc1)c1cc(Cl)ccc1N. The number of hydrogen-bond donors (Lipinski definition) is 1. The smallest absolute Gasteiger partial charge is 0.123 e. The van der Waals surface area contributed by atoms with Crippen LogP contribution in [0, 0.1) is 5.82 Å². The van der Waals surface area contributed by atoms with Crippen LogP contribution in [0.1, 0.15) is 12.5 Å². The Kier molecular flexibility index (Phi) is 4.25. The molecule has 5 heteroatoms. The van der Waals surface area contributed by atoms with Gasteiger partial charge in [0, 0.05) is 23.3 Å². The molecule has 20 heavy (non-hydrogen) atoms. The summed E-state index contributed by atoms with van der Waals surface area (Å²) in [6, 6.07) is 11.4. The van der Waals surface area contributed by atoms with Gasteiger partial charge in [-0.25, -0.2) is 4.39 Å². The molecule has 2 rings (SSSR count). The van der Waals surface area contributed by atoms with Crippen molar-refractivity contribution in [3.05, 3.63) is 58.9 Å². The van der Waals surface area contributed by atoms with E-state index in [1.165, 1.54) is 12.1 Å². The highest BCUT2D eigenvalue weighted by atomic mass is 35.5. The molecule has 2 aromatic carbocycles. The van der Waals surface area contributed by atoms with Crippen molar-refractivity contribution in [1.29, 1.82) is 0 Å². The summed E-state index contributed by atoms with van der Waals surface area (Å²) in [6.45, 7) is 1.85. The highest BCUT2D eigenvalue weighted by molar-refractivity contribution is 6.31. The number of hydrazone groups is 1. The lowest BCUT2D eigenvalue weighted by atomic mass is 10.1. The zero-order valence-electron chi connectivity index (χ0n) is 11.3. The van der Waals surface area contributed by atoms with Gasteiger partial charge in [0.2, 0.25) is 0 Å². The molecule has 0 fully saturated rings. The summed E-state index contributed by atoms with van der Waals surface area (Å²) in [4.78, 5) is 0. The van der Waals surface area contributed by atoms with E-state index in [0.717, 1.165) is 17.0 Å². The summed E-state index contributed by atoms with van der Waals surface area (Å²) in [5.41, 5.74) is 8.83. The average molecular weight is 292 g/mol. The Bertz CT molecular complexity index is 638. The molecule has 0 aromatic heterocycles. The van der Waals surface area contributed by atoms with Crippen molar-refractivity contribution in [2.24, 2.45) is 5.10 Å². The second kappa shape index (κ2) is 5.92. The Morgan fingerprint density at radius 1 is 1.20 bits per heavy atom. The monoisotopic (exact) mass is 291 g/mol. The van der Waals surface area contributed by atoms with E-state index < -0.39 is 0 Å². The van der Waals surface area contributed by atoms with E-state index >= 15 is 0 Å². The van der Waals surface area contributed by atoms with E-state index in [0.29, 0.717) is 10.7 Å². The van der Waals surface area contributed by atoms with Crippen LogP contribution in [0.5, 0.6) is 0 Å². The van der Waals surface area contributed by atoms with Gasteiger partial charge in [-0.15, -0.1) is 0 Å². The van der Waals surface area contributed by atoms with Crippen LogP contribution >= 0.6 is 11.6 Å². The summed E-state index contributed by atoms with van der Waals surface area (Å²) in [5.74, 6) is -0.276. The van der Waals surface area contributed by atoms with Gasteiger partial charge in [-0.2, -0.15) is 5.10 Å². The van der Waals surface area contributed by atoms with Crippen LogP contribution in [0.3, 0.4) is 0 Å². The molecule has 0 bridgehead atoms. The second-order valence-electron chi connectivity index (χ2n) is 4.42. The molecule has 0 aliphatic heterocycles. The lowest BCUT2D eigenvalue weighted by Gasteiger charge is -2.15. The zero-order valence-corrected chi connectivity index (χ0v) is 12.0. The molecule has 0 aliphatic carbocycles. The van der Waals surface area contributed by atoms with Gasteiger partial charge in [0.15, 0.2) is 0 Å².